The third-order valence-electron chi connectivity index (χ3n) is 3.97. The summed E-state index contributed by atoms with van der Waals surface area (Å²) in [5, 5.41) is 5.40. The average molecular weight is 309 g/mol. The molecule has 0 aromatic heterocycles. The van der Waals surface area contributed by atoms with Gasteiger partial charge in [-0.3, -0.25) is 4.79 Å². The number of nitrogens with one attached hydrogen (secondary N) is 1. The standard InChI is InChI=1S/C17H24N2O.ClH/c1-3-4-10-15-12-16(19-17(20)13(2)18-15)11-14-8-6-5-7-9-14;/h3,5-9,13,15-16,18H,1,4,10-12H2,2H3,(H,19,20);1H/t13-,15+,16-;/m0./s1. The van der Waals surface area contributed by atoms with Gasteiger partial charge in [0.15, 0.2) is 6.04 Å². The average Bonchev–Trinajstić information content (AvgIpc) is 2.57. The van der Waals surface area contributed by atoms with Crippen LogP contribution in [-0.4, -0.2) is 24.0 Å². The van der Waals surface area contributed by atoms with Crippen LogP contribution in [0.4, 0.5) is 0 Å². The van der Waals surface area contributed by atoms with E-state index in [1.165, 1.54) is 5.56 Å². The van der Waals surface area contributed by atoms with Gasteiger partial charge in [0.25, 0.3) is 5.91 Å². The molecule has 2 rings (SSSR count). The molecular formula is C17H25ClN2O. The molecule has 0 bridgehead atoms. The van der Waals surface area contributed by atoms with Gasteiger partial charge in [-0.2, -0.15) is 0 Å². The number of carbonyl (C=O) groups excluding carboxylic acids is 1. The third kappa shape index (κ3) is 5.52. The number of allylic oxidation sites excluding steroid dienone is 1. The fraction of sp³-hybridized carbons (Fsp3) is 0.471. The van der Waals surface area contributed by atoms with Gasteiger partial charge in [-0.05, 0) is 25.3 Å². The van der Waals surface area contributed by atoms with E-state index in [1.54, 1.807) is 0 Å². The van der Waals surface area contributed by atoms with Crippen molar-refractivity contribution in [2.45, 2.75) is 50.7 Å². The quantitative estimate of drug-likeness (QED) is 0.633. The lowest BCUT2D eigenvalue weighted by atomic mass is 9.97. The molecule has 0 radical (unpaired) electrons. The van der Waals surface area contributed by atoms with Crippen molar-refractivity contribution in [3.63, 3.8) is 0 Å². The van der Waals surface area contributed by atoms with Crippen LogP contribution in [0.15, 0.2) is 43.0 Å². The molecule has 3 atom stereocenters. The minimum atomic E-state index is 0. The maximum atomic E-state index is 12.1. The van der Waals surface area contributed by atoms with Gasteiger partial charge in [0.05, 0.1) is 6.04 Å². The number of benzene rings is 1. The summed E-state index contributed by atoms with van der Waals surface area (Å²) in [5.41, 5.74) is 1.29. The molecule has 0 spiro atoms. The smallest absolute Gasteiger partial charge is 0.278 e. The van der Waals surface area contributed by atoms with Gasteiger partial charge in [0, 0.05) is 18.9 Å². The Morgan fingerprint density at radius 1 is 1.38 bits per heavy atom. The normalized spacial score (nSPS) is 25.4. The molecule has 0 unspecified atom stereocenters. The van der Waals surface area contributed by atoms with E-state index in [4.69, 9.17) is 0 Å². The van der Waals surface area contributed by atoms with Crippen LogP contribution in [0.1, 0.15) is 31.7 Å². The molecular weight excluding hydrogens is 284 g/mol. The number of rotatable bonds is 5. The predicted octanol–water partition coefficient (Wildman–Crippen LogP) is -1.59. The highest BCUT2D eigenvalue weighted by molar-refractivity contribution is 5.80. The van der Waals surface area contributed by atoms with Crippen LogP contribution in [0.5, 0.6) is 0 Å². The van der Waals surface area contributed by atoms with E-state index in [0.717, 1.165) is 25.7 Å². The first-order chi connectivity index (χ1) is 9.69. The Morgan fingerprint density at radius 2 is 2.10 bits per heavy atom. The van der Waals surface area contributed by atoms with Crippen LogP contribution in [-0.2, 0) is 11.2 Å². The van der Waals surface area contributed by atoms with Gasteiger partial charge >= 0.3 is 0 Å². The summed E-state index contributed by atoms with van der Waals surface area (Å²) in [5.74, 6) is 0.159. The fourth-order valence-electron chi connectivity index (χ4n) is 2.91. The maximum Gasteiger partial charge on any atom is 0.278 e. The molecule has 1 aromatic carbocycles. The van der Waals surface area contributed by atoms with E-state index < -0.39 is 0 Å². The molecule has 116 valence electrons. The van der Waals surface area contributed by atoms with E-state index in [-0.39, 0.29) is 30.4 Å². The first kappa shape index (κ1) is 17.7. The zero-order valence-corrected chi connectivity index (χ0v) is 13.4. The zero-order valence-electron chi connectivity index (χ0n) is 12.6. The molecule has 1 heterocycles. The summed E-state index contributed by atoms with van der Waals surface area (Å²) in [4.78, 5) is 12.1. The topological polar surface area (TPSA) is 45.7 Å². The number of carbonyl (C=O) groups is 1. The van der Waals surface area contributed by atoms with E-state index in [2.05, 4.69) is 41.5 Å². The number of halogens is 1. The predicted molar refractivity (Wildman–Crippen MR) is 81.3 cm³/mol. The highest BCUT2D eigenvalue weighted by Gasteiger charge is 2.30. The minimum absolute atomic E-state index is 0. The van der Waals surface area contributed by atoms with Crippen molar-refractivity contribution in [2.75, 3.05) is 0 Å². The Kier molecular flexibility index (Phi) is 7.48. The van der Waals surface area contributed by atoms with Gasteiger partial charge in [-0.25, -0.2) is 0 Å². The van der Waals surface area contributed by atoms with Gasteiger partial charge in [0.2, 0.25) is 0 Å². The van der Waals surface area contributed by atoms with Crippen molar-refractivity contribution in [3.8, 4) is 0 Å². The monoisotopic (exact) mass is 308 g/mol. The van der Waals surface area contributed by atoms with Crippen LogP contribution in [0.3, 0.4) is 0 Å². The Labute approximate surface area is 133 Å². The third-order valence-corrected chi connectivity index (χ3v) is 3.97. The second kappa shape index (κ2) is 8.85. The van der Waals surface area contributed by atoms with Crippen LogP contribution in [0.25, 0.3) is 0 Å². The number of hydrogen-bond acceptors (Lipinski definition) is 1. The van der Waals surface area contributed by atoms with E-state index >= 15 is 0 Å². The lowest BCUT2D eigenvalue weighted by molar-refractivity contribution is -0.706. The summed E-state index contributed by atoms with van der Waals surface area (Å²) in [6, 6.07) is 11.1. The largest absolute Gasteiger partial charge is 1.00 e. The molecule has 1 aliphatic heterocycles. The van der Waals surface area contributed by atoms with Gasteiger partial charge < -0.3 is 23.0 Å². The van der Waals surface area contributed by atoms with Crippen LogP contribution in [0.2, 0.25) is 0 Å². The molecule has 1 saturated heterocycles. The van der Waals surface area contributed by atoms with Crippen molar-refractivity contribution >= 4 is 5.91 Å². The van der Waals surface area contributed by atoms with Gasteiger partial charge in [0.1, 0.15) is 0 Å². The number of amides is 1. The van der Waals surface area contributed by atoms with Crippen molar-refractivity contribution in [3.05, 3.63) is 48.6 Å². The van der Waals surface area contributed by atoms with Crippen LogP contribution >= 0.6 is 0 Å². The lowest BCUT2D eigenvalue weighted by Crippen LogP contribution is -3.00. The van der Waals surface area contributed by atoms with Gasteiger partial charge in [-0.15, -0.1) is 6.58 Å². The minimum Gasteiger partial charge on any atom is -1.00 e. The molecule has 1 amide bonds. The molecule has 3 nitrogen and oxygen atoms in total. The Hall–Kier alpha value is -1.32. The second-order valence-electron chi connectivity index (χ2n) is 5.74. The molecule has 1 aliphatic rings. The molecule has 3 N–H and O–H groups in total. The second-order valence-corrected chi connectivity index (χ2v) is 5.74. The SMILES string of the molecule is C=CCC[C@@H]1C[C@H](Cc2ccccc2)NC(=O)[C@H](C)[NH2+]1.[Cl-]. The number of hydrogen-bond donors (Lipinski definition) is 2. The summed E-state index contributed by atoms with van der Waals surface area (Å²) in [6.45, 7) is 5.78. The Bertz CT molecular complexity index is 449. The molecule has 1 fully saturated rings. The van der Waals surface area contributed by atoms with E-state index in [0.29, 0.717) is 6.04 Å². The van der Waals surface area contributed by atoms with Crippen molar-refractivity contribution in [1.82, 2.24) is 5.32 Å². The van der Waals surface area contributed by atoms with Crippen molar-refractivity contribution in [1.29, 1.82) is 0 Å². The lowest BCUT2D eigenvalue weighted by Gasteiger charge is -2.18. The van der Waals surface area contributed by atoms with Crippen LogP contribution < -0.4 is 23.0 Å². The molecule has 4 heteroatoms. The van der Waals surface area contributed by atoms with E-state index in [9.17, 15) is 4.79 Å². The summed E-state index contributed by atoms with van der Waals surface area (Å²) in [7, 11) is 0. The van der Waals surface area contributed by atoms with E-state index in [1.807, 2.05) is 19.1 Å². The first-order valence-corrected chi connectivity index (χ1v) is 7.49. The highest BCUT2D eigenvalue weighted by atomic mass is 35.5. The molecule has 0 aliphatic carbocycles. The Balaban J connectivity index is 0.00000220. The summed E-state index contributed by atoms with van der Waals surface area (Å²) in [6.07, 6.45) is 6.01. The Morgan fingerprint density at radius 3 is 2.76 bits per heavy atom. The molecule has 21 heavy (non-hydrogen) atoms. The highest BCUT2D eigenvalue weighted by Crippen LogP contribution is 2.11. The molecule has 1 aromatic rings. The zero-order chi connectivity index (χ0) is 14.4. The number of quaternary nitrogens is 1. The van der Waals surface area contributed by atoms with Gasteiger partial charge in [-0.1, -0.05) is 36.4 Å². The summed E-state index contributed by atoms with van der Waals surface area (Å²) < 4.78 is 0. The fourth-order valence-corrected chi connectivity index (χ4v) is 2.91. The van der Waals surface area contributed by atoms with Crippen molar-refractivity contribution < 1.29 is 22.5 Å². The first-order valence-electron chi connectivity index (χ1n) is 7.49. The summed E-state index contributed by atoms with van der Waals surface area (Å²) >= 11 is 0. The van der Waals surface area contributed by atoms with Crippen molar-refractivity contribution in [2.24, 2.45) is 0 Å². The number of nitrogens with two attached hydrogens (primary N) is 1. The maximum absolute atomic E-state index is 12.1. The van der Waals surface area contributed by atoms with Crippen LogP contribution in [0, 0.1) is 0 Å². The molecule has 0 saturated carbocycles.